The fourth-order valence-electron chi connectivity index (χ4n) is 1.49. The van der Waals surface area contributed by atoms with Crippen molar-refractivity contribution in [2.75, 3.05) is 5.32 Å². The van der Waals surface area contributed by atoms with E-state index in [0.717, 1.165) is 0 Å². The zero-order valence-corrected chi connectivity index (χ0v) is 11.6. The smallest absolute Gasteiger partial charge is 0.294 e. The number of nitrogens with zero attached hydrogens (tertiary/aromatic N) is 1. The van der Waals surface area contributed by atoms with Gasteiger partial charge >= 0.3 is 0 Å². The molecule has 1 heterocycles. The highest BCUT2D eigenvalue weighted by molar-refractivity contribution is 7.12. The van der Waals surface area contributed by atoms with Crippen molar-refractivity contribution in [2.45, 2.75) is 0 Å². The molecular weight excluding hydrogens is 300 g/mol. The van der Waals surface area contributed by atoms with Crippen molar-refractivity contribution in [3.05, 3.63) is 68.0 Å². The fourth-order valence-corrected chi connectivity index (χ4v) is 2.30. The lowest BCUT2D eigenvalue weighted by Gasteiger charge is -2.02. The molecule has 0 atom stereocenters. The van der Waals surface area contributed by atoms with Crippen LogP contribution in [0.25, 0.3) is 0 Å². The summed E-state index contributed by atoms with van der Waals surface area (Å²) in [5.41, 5.74) is 0.125. The van der Waals surface area contributed by atoms with Crippen LogP contribution < -0.4 is 5.32 Å². The number of benzene rings is 1. The van der Waals surface area contributed by atoms with Crippen molar-refractivity contribution in [3.8, 4) is 0 Å². The maximum Gasteiger partial charge on any atom is 0.294 e. The Hall–Kier alpha value is -2.18. The Bertz CT molecular complexity index is 668. The molecule has 20 heavy (non-hydrogen) atoms. The van der Waals surface area contributed by atoms with Gasteiger partial charge in [0.1, 0.15) is 5.69 Å². The molecule has 0 aliphatic heterocycles. The maximum absolute atomic E-state index is 11.7. The lowest BCUT2D eigenvalue weighted by atomic mass is 10.2. The summed E-state index contributed by atoms with van der Waals surface area (Å²) in [7, 11) is 0. The number of anilines is 1. The number of nitro groups is 1. The SMILES string of the molecule is O=C(/C=C/Nc1ccc(Cl)cc1[N+](=O)[O-])c1cccs1. The predicted octanol–water partition coefficient (Wildman–Crippen LogP) is 4.12. The Morgan fingerprint density at radius 3 is 2.85 bits per heavy atom. The molecule has 0 unspecified atom stereocenters. The maximum atomic E-state index is 11.7. The van der Waals surface area contributed by atoms with Gasteiger partial charge in [-0.1, -0.05) is 17.7 Å². The molecule has 5 nitrogen and oxygen atoms in total. The van der Waals surface area contributed by atoms with Crippen molar-refractivity contribution in [3.63, 3.8) is 0 Å². The monoisotopic (exact) mass is 308 g/mol. The minimum absolute atomic E-state index is 0.147. The number of rotatable bonds is 5. The summed E-state index contributed by atoms with van der Waals surface area (Å²) in [5, 5.41) is 15.7. The topological polar surface area (TPSA) is 72.2 Å². The average molecular weight is 309 g/mol. The second-order valence-corrected chi connectivity index (χ2v) is 5.12. The summed E-state index contributed by atoms with van der Waals surface area (Å²) in [6.07, 6.45) is 2.70. The number of hydrogen-bond acceptors (Lipinski definition) is 5. The minimum Gasteiger partial charge on any atom is -0.356 e. The Kier molecular flexibility index (Phi) is 4.49. The van der Waals surface area contributed by atoms with Crippen LogP contribution in [-0.2, 0) is 0 Å². The Morgan fingerprint density at radius 1 is 1.40 bits per heavy atom. The van der Waals surface area contributed by atoms with Crippen LogP contribution in [0, 0.1) is 10.1 Å². The molecule has 1 aromatic carbocycles. The summed E-state index contributed by atoms with van der Waals surface area (Å²) in [6, 6.07) is 7.76. The van der Waals surface area contributed by atoms with Gasteiger partial charge < -0.3 is 5.32 Å². The van der Waals surface area contributed by atoms with E-state index < -0.39 is 4.92 Å². The van der Waals surface area contributed by atoms with Crippen LogP contribution in [0.2, 0.25) is 5.02 Å². The highest BCUT2D eigenvalue weighted by atomic mass is 35.5. The lowest BCUT2D eigenvalue weighted by Crippen LogP contribution is -1.97. The largest absolute Gasteiger partial charge is 0.356 e. The molecule has 0 fully saturated rings. The number of nitrogens with one attached hydrogen (secondary N) is 1. The molecule has 0 saturated heterocycles. The zero-order chi connectivity index (χ0) is 14.5. The first-order valence-corrected chi connectivity index (χ1v) is 6.78. The van der Waals surface area contributed by atoms with E-state index in [2.05, 4.69) is 5.32 Å². The molecule has 0 amide bonds. The van der Waals surface area contributed by atoms with Gasteiger partial charge in [0.15, 0.2) is 5.78 Å². The van der Waals surface area contributed by atoms with E-state index in [-0.39, 0.29) is 22.2 Å². The number of carbonyl (C=O) groups excluding carboxylic acids is 1. The van der Waals surface area contributed by atoms with E-state index in [1.54, 1.807) is 17.5 Å². The zero-order valence-electron chi connectivity index (χ0n) is 10.1. The molecule has 0 radical (unpaired) electrons. The van der Waals surface area contributed by atoms with Gasteiger partial charge in [-0.15, -0.1) is 11.3 Å². The highest BCUT2D eigenvalue weighted by Gasteiger charge is 2.13. The van der Waals surface area contributed by atoms with Gasteiger partial charge in [-0.3, -0.25) is 14.9 Å². The summed E-state index contributed by atoms with van der Waals surface area (Å²) in [4.78, 5) is 22.6. The third-order valence-corrected chi connectivity index (χ3v) is 3.51. The molecule has 0 aliphatic rings. The predicted molar refractivity (Wildman–Crippen MR) is 79.5 cm³/mol. The van der Waals surface area contributed by atoms with Crippen LogP contribution in [0.15, 0.2) is 48.0 Å². The summed E-state index contributed by atoms with van der Waals surface area (Å²) in [6.45, 7) is 0. The summed E-state index contributed by atoms with van der Waals surface area (Å²) < 4.78 is 0. The van der Waals surface area contributed by atoms with E-state index in [1.807, 2.05) is 0 Å². The van der Waals surface area contributed by atoms with Crippen LogP contribution >= 0.6 is 22.9 Å². The van der Waals surface area contributed by atoms with E-state index >= 15 is 0 Å². The molecular formula is C13H9ClN2O3S. The van der Waals surface area contributed by atoms with E-state index in [1.165, 1.54) is 41.8 Å². The van der Waals surface area contributed by atoms with E-state index in [9.17, 15) is 14.9 Å². The third kappa shape index (κ3) is 3.43. The van der Waals surface area contributed by atoms with Gasteiger partial charge in [0.25, 0.3) is 5.69 Å². The first-order valence-electron chi connectivity index (χ1n) is 5.53. The third-order valence-electron chi connectivity index (χ3n) is 2.39. The number of nitro benzene ring substituents is 1. The summed E-state index contributed by atoms with van der Waals surface area (Å²) >= 11 is 7.04. The Labute approximate surface area is 123 Å². The van der Waals surface area contributed by atoms with E-state index in [0.29, 0.717) is 4.88 Å². The highest BCUT2D eigenvalue weighted by Crippen LogP contribution is 2.27. The van der Waals surface area contributed by atoms with Crippen LogP contribution in [0.4, 0.5) is 11.4 Å². The van der Waals surface area contributed by atoms with Crippen LogP contribution in [0.5, 0.6) is 0 Å². The first-order chi connectivity index (χ1) is 9.58. The van der Waals surface area contributed by atoms with Crippen molar-refractivity contribution in [1.29, 1.82) is 0 Å². The van der Waals surface area contributed by atoms with Crippen molar-refractivity contribution in [2.24, 2.45) is 0 Å². The van der Waals surface area contributed by atoms with Gasteiger partial charge in [0, 0.05) is 23.4 Å². The van der Waals surface area contributed by atoms with Gasteiger partial charge in [-0.25, -0.2) is 0 Å². The first kappa shape index (κ1) is 14.2. The summed E-state index contributed by atoms with van der Waals surface area (Å²) in [5.74, 6) is -0.163. The van der Waals surface area contributed by atoms with Crippen LogP contribution in [-0.4, -0.2) is 10.7 Å². The molecule has 7 heteroatoms. The quantitative estimate of drug-likeness (QED) is 0.390. The molecule has 1 aromatic heterocycles. The van der Waals surface area contributed by atoms with Crippen molar-refractivity contribution in [1.82, 2.24) is 0 Å². The number of hydrogen-bond donors (Lipinski definition) is 1. The van der Waals surface area contributed by atoms with Gasteiger partial charge in [0.2, 0.25) is 0 Å². The number of ketones is 1. The van der Waals surface area contributed by atoms with Crippen LogP contribution in [0.1, 0.15) is 9.67 Å². The molecule has 2 aromatic rings. The van der Waals surface area contributed by atoms with Gasteiger partial charge in [0.05, 0.1) is 9.80 Å². The lowest BCUT2D eigenvalue weighted by molar-refractivity contribution is -0.383. The van der Waals surface area contributed by atoms with Crippen LogP contribution in [0.3, 0.4) is 0 Å². The fraction of sp³-hybridized carbons (Fsp3) is 0. The molecule has 102 valence electrons. The second kappa shape index (κ2) is 6.31. The molecule has 0 aliphatic carbocycles. The molecule has 2 rings (SSSR count). The second-order valence-electron chi connectivity index (χ2n) is 3.74. The Balaban J connectivity index is 2.11. The Morgan fingerprint density at radius 2 is 2.20 bits per heavy atom. The number of halogens is 1. The molecule has 0 bridgehead atoms. The van der Waals surface area contributed by atoms with E-state index in [4.69, 9.17) is 11.6 Å². The minimum atomic E-state index is -0.539. The molecule has 0 saturated carbocycles. The van der Waals surface area contributed by atoms with Gasteiger partial charge in [-0.05, 0) is 23.6 Å². The molecule has 1 N–H and O–H groups in total. The number of carbonyl (C=O) groups is 1. The van der Waals surface area contributed by atoms with Gasteiger partial charge in [-0.2, -0.15) is 0 Å². The number of thiophene rings is 1. The standard InChI is InChI=1S/C13H9ClN2O3S/c14-9-3-4-10(11(8-9)16(18)19)15-6-5-12(17)13-2-1-7-20-13/h1-8,15H/b6-5+. The number of allylic oxidation sites excluding steroid dienone is 1. The average Bonchev–Trinajstić information content (AvgIpc) is 2.94. The van der Waals surface area contributed by atoms with Crippen molar-refractivity contribution < 1.29 is 9.72 Å². The normalized spacial score (nSPS) is 10.7. The van der Waals surface area contributed by atoms with Crippen molar-refractivity contribution >= 4 is 40.1 Å². The molecule has 0 spiro atoms.